The molecule has 5 nitrogen and oxygen atoms in total. The van der Waals surface area contributed by atoms with Gasteiger partial charge in [-0.25, -0.2) is 8.78 Å². The average Bonchev–Trinajstić information content (AvgIpc) is 3.12. The maximum Gasteiger partial charge on any atom is 0.194 e. The first-order valence-electron chi connectivity index (χ1n) is 9.71. The van der Waals surface area contributed by atoms with Gasteiger partial charge in [-0.3, -0.25) is 4.99 Å². The maximum absolute atomic E-state index is 14.0. The summed E-state index contributed by atoms with van der Waals surface area (Å²) in [4.78, 5) is 8.58. The van der Waals surface area contributed by atoms with Gasteiger partial charge in [0.05, 0.1) is 11.8 Å². The zero-order chi connectivity index (χ0) is 19.2. The van der Waals surface area contributed by atoms with Gasteiger partial charge in [-0.15, -0.1) is 0 Å². The Kier molecular flexibility index (Phi) is 4.74. The molecule has 3 aliphatic rings. The van der Waals surface area contributed by atoms with Gasteiger partial charge in [0.1, 0.15) is 11.6 Å². The number of fused-ring (bicyclic) bond motifs is 1. The minimum Gasteiger partial charge on any atom is -0.377 e. The number of guanidine groups is 1. The number of hydrogen-bond acceptors (Lipinski definition) is 3. The van der Waals surface area contributed by atoms with E-state index in [4.69, 9.17) is 4.74 Å². The second kappa shape index (κ2) is 6.93. The van der Waals surface area contributed by atoms with Gasteiger partial charge in [0.2, 0.25) is 0 Å². The highest BCUT2D eigenvalue weighted by Gasteiger charge is 2.59. The Bertz CT molecular complexity index is 731. The van der Waals surface area contributed by atoms with Crippen LogP contribution in [0.2, 0.25) is 0 Å². The number of hydrogen-bond donors (Lipinski definition) is 1. The minimum absolute atomic E-state index is 0.0869. The summed E-state index contributed by atoms with van der Waals surface area (Å²) in [5.41, 5.74) is 0.424. The summed E-state index contributed by atoms with van der Waals surface area (Å²) in [5, 5.41) is 3.65. The Morgan fingerprint density at radius 2 is 1.96 bits per heavy atom. The molecule has 0 aromatic heterocycles. The first kappa shape index (κ1) is 18.5. The first-order valence-corrected chi connectivity index (χ1v) is 9.71. The lowest BCUT2D eigenvalue weighted by Crippen LogP contribution is -2.68. The third-order valence-electron chi connectivity index (χ3n) is 6.42. The number of benzene rings is 1. The molecule has 4 rings (SSSR count). The predicted octanol–water partition coefficient (Wildman–Crippen LogP) is 2.48. The largest absolute Gasteiger partial charge is 0.377 e. The second-order valence-electron chi connectivity index (χ2n) is 8.30. The molecule has 3 atom stereocenters. The van der Waals surface area contributed by atoms with E-state index in [1.54, 1.807) is 7.05 Å². The zero-order valence-electron chi connectivity index (χ0n) is 16.2. The van der Waals surface area contributed by atoms with Gasteiger partial charge >= 0.3 is 0 Å². The molecule has 1 aliphatic carbocycles. The van der Waals surface area contributed by atoms with Crippen LogP contribution in [0.1, 0.15) is 20.3 Å². The van der Waals surface area contributed by atoms with E-state index in [0.717, 1.165) is 25.1 Å². The van der Waals surface area contributed by atoms with E-state index in [0.29, 0.717) is 49.9 Å². The summed E-state index contributed by atoms with van der Waals surface area (Å²) >= 11 is 0. The molecule has 2 aliphatic heterocycles. The fourth-order valence-electron chi connectivity index (χ4n) is 4.94. The van der Waals surface area contributed by atoms with Gasteiger partial charge in [-0.1, -0.05) is 13.8 Å². The number of aliphatic imine (C=N–C) groups is 1. The summed E-state index contributed by atoms with van der Waals surface area (Å²) in [6.45, 7) is 8.02. The van der Waals surface area contributed by atoms with Crippen molar-refractivity contribution in [2.45, 2.75) is 32.4 Å². The fourth-order valence-corrected chi connectivity index (χ4v) is 4.94. The number of anilines is 1. The Hall–Kier alpha value is -1.89. The minimum atomic E-state index is -0.410. The van der Waals surface area contributed by atoms with Crippen molar-refractivity contribution in [3.63, 3.8) is 0 Å². The molecule has 2 saturated heterocycles. The molecule has 2 heterocycles. The third kappa shape index (κ3) is 3.16. The number of nitrogens with zero attached hydrogens (tertiary/aromatic N) is 3. The molecule has 1 N–H and O–H groups in total. The van der Waals surface area contributed by atoms with Crippen molar-refractivity contribution in [1.82, 2.24) is 10.2 Å². The molecule has 1 aromatic carbocycles. The zero-order valence-corrected chi connectivity index (χ0v) is 16.2. The number of ether oxygens (including phenoxy) is 1. The molecule has 0 spiro atoms. The molecule has 1 saturated carbocycles. The molecule has 1 aromatic rings. The number of nitrogens with one attached hydrogen (secondary N) is 1. The molecule has 3 unspecified atom stereocenters. The monoisotopic (exact) mass is 378 g/mol. The molecule has 0 amide bonds. The first-order chi connectivity index (χ1) is 12.9. The predicted molar refractivity (Wildman–Crippen MR) is 102 cm³/mol. The van der Waals surface area contributed by atoms with Crippen molar-refractivity contribution in [2.24, 2.45) is 16.3 Å². The summed E-state index contributed by atoms with van der Waals surface area (Å²) in [7, 11) is 1.80. The quantitative estimate of drug-likeness (QED) is 0.634. The summed E-state index contributed by atoms with van der Waals surface area (Å²) < 4.78 is 33.4. The lowest BCUT2D eigenvalue weighted by atomic mass is 9.57. The SMILES string of the molecule is CN=C(NC1C2CCOC2C1(C)C)N1CCN(c2cc(F)ccc2F)CC1. The summed E-state index contributed by atoms with van der Waals surface area (Å²) in [6.07, 6.45) is 1.43. The maximum atomic E-state index is 14.0. The second-order valence-corrected chi connectivity index (χ2v) is 8.30. The van der Waals surface area contributed by atoms with Gasteiger partial charge in [0.25, 0.3) is 0 Å². The number of rotatable bonds is 2. The van der Waals surface area contributed by atoms with Gasteiger partial charge in [0.15, 0.2) is 5.96 Å². The van der Waals surface area contributed by atoms with Crippen LogP contribution in [0.15, 0.2) is 23.2 Å². The van der Waals surface area contributed by atoms with E-state index in [1.165, 1.54) is 12.1 Å². The van der Waals surface area contributed by atoms with Crippen molar-refractivity contribution in [3.8, 4) is 0 Å². The summed E-state index contributed by atoms with van der Waals surface area (Å²) in [5.74, 6) is 0.639. The Morgan fingerprint density at radius 1 is 1.22 bits per heavy atom. The smallest absolute Gasteiger partial charge is 0.194 e. The lowest BCUT2D eigenvalue weighted by molar-refractivity contribution is -0.107. The molecule has 0 bridgehead atoms. The van der Waals surface area contributed by atoms with Crippen LogP contribution in [0, 0.1) is 23.0 Å². The van der Waals surface area contributed by atoms with Gasteiger partial charge < -0.3 is 19.9 Å². The van der Waals surface area contributed by atoms with Crippen LogP contribution < -0.4 is 10.2 Å². The Labute approximate surface area is 159 Å². The number of piperazine rings is 1. The van der Waals surface area contributed by atoms with E-state index in [1.807, 2.05) is 4.90 Å². The van der Waals surface area contributed by atoms with Gasteiger partial charge in [-0.2, -0.15) is 0 Å². The van der Waals surface area contributed by atoms with Crippen LogP contribution in [0.4, 0.5) is 14.5 Å². The standard InChI is InChI=1S/C20H28F2N4O/c1-20(2)17(14-6-11-27-18(14)20)24-19(23-3)26-9-7-25(8-10-26)16-12-13(21)4-5-15(16)22/h4-5,12,14,17-18H,6-11H2,1-3H3,(H,23,24). The van der Waals surface area contributed by atoms with Crippen molar-refractivity contribution in [3.05, 3.63) is 29.8 Å². The Morgan fingerprint density at radius 3 is 2.67 bits per heavy atom. The van der Waals surface area contributed by atoms with Crippen molar-refractivity contribution in [1.29, 1.82) is 0 Å². The van der Waals surface area contributed by atoms with Crippen LogP contribution in [0.3, 0.4) is 0 Å². The molecular formula is C20H28F2N4O. The highest BCUT2D eigenvalue weighted by atomic mass is 19.1. The average molecular weight is 378 g/mol. The molecular weight excluding hydrogens is 350 g/mol. The van der Waals surface area contributed by atoms with E-state index in [2.05, 4.69) is 29.1 Å². The third-order valence-corrected chi connectivity index (χ3v) is 6.42. The van der Waals surface area contributed by atoms with E-state index in [-0.39, 0.29) is 11.2 Å². The van der Waals surface area contributed by atoms with Crippen molar-refractivity contribution in [2.75, 3.05) is 44.7 Å². The van der Waals surface area contributed by atoms with Crippen LogP contribution in [-0.4, -0.2) is 62.8 Å². The molecule has 3 fully saturated rings. The van der Waals surface area contributed by atoms with E-state index < -0.39 is 5.82 Å². The van der Waals surface area contributed by atoms with Gasteiger partial charge in [0, 0.05) is 63.3 Å². The van der Waals surface area contributed by atoms with Crippen molar-refractivity contribution >= 4 is 11.6 Å². The summed E-state index contributed by atoms with van der Waals surface area (Å²) in [6, 6.07) is 3.97. The van der Waals surface area contributed by atoms with Crippen LogP contribution in [-0.2, 0) is 4.74 Å². The lowest BCUT2D eigenvalue weighted by Gasteiger charge is -2.55. The van der Waals surface area contributed by atoms with Crippen molar-refractivity contribution < 1.29 is 13.5 Å². The molecule has 7 heteroatoms. The van der Waals surface area contributed by atoms with Crippen LogP contribution in [0.25, 0.3) is 0 Å². The van der Waals surface area contributed by atoms with E-state index in [9.17, 15) is 8.78 Å². The van der Waals surface area contributed by atoms with Gasteiger partial charge in [-0.05, 0) is 18.6 Å². The van der Waals surface area contributed by atoms with Crippen LogP contribution in [0.5, 0.6) is 0 Å². The fraction of sp³-hybridized carbons (Fsp3) is 0.650. The number of halogens is 2. The topological polar surface area (TPSA) is 40.1 Å². The normalized spacial score (nSPS) is 30.1. The van der Waals surface area contributed by atoms with E-state index >= 15 is 0 Å². The highest BCUT2D eigenvalue weighted by molar-refractivity contribution is 5.81. The molecule has 148 valence electrons. The van der Waals surface area contributed by atoms with Crippen LogP contribution >= 0.6 is 0 Å². The Balaban J connectivity index is 1.39. The molecule has 0 radical (unpaired) electrons. The highest BCUT2D eigenvalue weighted by Crippen LogP contribution is 2.52. The molecule has 27 heavy (non-hydrogen) atoms.